The van der Waals surface area contributed by atoms with E-state index in [1.165, 1.54) is 38.5 Å². The van der Waals surface area contributed by atoms with Crippen molar-refractivity contribution in [3.05, 3.63) is 146 Å². The summed E-state index contributed by atoms with van der Waals surface area (Å²) in [5.74, 6) is -0.961. The van der Waals surface area contributed by atoms with Gasteiger partial charge in [-0.15, -0.1) is 0 Å². The highest BCUT2D eigenvalue weighted by atomic mass is 16.6. The fourth-order valence-corrected chi connectivity index (χ4v) is 7.51. The third-order valence-corrected chi connectivity index (χ3v) is 11.8. The van der Waals surface area contributed by atoms with E-state index in [9.17, 15) is 14.4 Å². The van der Waals surface area contributed by atoms with Gasteiger partial charge >= 0.3 is 17.9 Å². The highest BCUT2D eigenvalue weighted by Gasteiger charge is 2.19. The molecule has 0 saturated carbocycles. The quantitative estimate of drug-likeness (QED) is 0.0261. The molecule has 6 nitrogen and oxygen atoms in total. The molecule has 1 unspecified atom stereocenters. The van der Waals surface area contributed by atoms with Crippen molar-refractivity contribution in [2.75, 3.05) is 13.2 Å². The number of allylic oxidation sites excluding steroid dienone is 24. The van der Waals surface area contributed by atoms with Gasteiger partial charge in [0.05, 0.1) is 0 Å². The van der Waals surface area contributed by atoms with Crippen molar-refractivity contribution in [3.63, 3.8) is 0 Å². The van der Waals surface area contributed by atoms with E-state index in [1.807, 2.05) is 0 Å². The van der Waals surface area contributed by atoms with Gasteiger partial charge in [0.15, 0.2) is 6.10 Å². The monoisotopic (exact) mass is 1010 g/mol. The minimum Gasteiger partial charge on any atom is -0.462 e. The molecule has 410 valence electrons. The number of hydrogen-bond acceptors (Lipinski definition) is 6. The van der Waals surface area contributed by atoms with Crippen LogP contribution in [-0.2, 0) is 28.6 Å². The molecule has 73 heavy (non-hydrogen) atoms. The summed E-state index contributed by atoms with van der Waals surface area (Å²) in [6, 6.07) is 0. The number of hydrogen-bond donors (Lipinski definition) is 0. The first kappa shape index (κ1) is 68.3. The first-order chi connectivity index (χ1) is 36.0. The van der Waals surface area contributed by atoms with E-state index in [4.69, 9.17) is 14.2 Å². The normalized spacial score (nSPS) is 13.2. The molecule has 1 atom stereocenters. The Morgan fingerprint density at radius 1 is 0.288 bits per heavy atom. The molecule has 0 aromatic rings. The molecule has 0 N–H and O–H groups in total. The van der Waals surface area contributed by atoms with Crippen molar-refractivity contribution < 1.29 is 28.6 Å². The van der Waals surface area contributed by atoms with Crippen molar-refractivity contribution in [2.24, 2.45) is 0 Å². The highest BCUT2D eigenvalue weighted by molar-refractivity contribution is 5.71. The average Bonchev–Trinajstić information content (AvgIpc) is 3.39. The number of carbonyl (C=O) groups is 3. The molecule has 0 heterocycles. The van der Waals surface area contributed by atoms with Gasteiger partial charge in [0.2, 0.25) is 0 Å². The van der Waals surface area contributed by atoms with Crippen LogP contribution in [0, 0.1) is 0 Å². The SMILES string of the molecule is CC/C=C\C/C=C\C/C=C\C/C=C\C/C=C\C/C=C\CCCCCCC(=O)OCC(COC(=O)CCCCCCCCCCC)OC(=O)CCCCCC/C=C\C/C=C\C/C=C\C/C=C\C/C=C\C/C=C\CC. The molecule has 0 aromatic carbocycles. The van der Waals surface area contributed by atoms with Crippen LogP contribution in [0.2, 0.25) is 0 Å². The molecule has 0 aliphatic carbocycles. The molecule has 0 saturated heterocycles. The van der Waals surface area contributed by atoms with Gasteiger partial charge in [-0.3, -0.25) is 14.4 Å². The zero-order chi connectivity index (χ0) is 52.9. The van der Waals surface area contributed by atoms with Crippen molar-refractivity contribution in [2.45, 2.75) is 245 Å². The molecule has 0 aliphatic heterocycles. The molecule has 0 aliphatic rings. The lowest BCUT2D eigenvalue weighted by Crippen LogP contribution is -2.30. The largest absolute Gasteiger partial charge is 0.462 e. The lowest BCUT2D eigenvalue weighted by molar-refractivity contribution is -0.167. The van der Waals surface area contributed by atoms with Crippen LogP contribution in [0.5, 0.6) is 0 Å². The van der Waals surface area contributed by atoms with Gasteiger partial charge in [-0.25, -0.2) is 0 Å². The maximum Gasteiger partial charge on any atom is 0.306 e. The molecule has 0 spiro atoms. The van der Waals surface area contributed by atoms with Crippen molar-refractivity contribution in [3.8, 4) is 0 Å². The van der Waals surface area contributed by atoms with Crippen LogP contribution < -0.4 is 0 Å². The molecule has 0 rings (SSSR count). The van der Waals surface area contributed by atoms with Crippen LogP contribution in [-0.4, -0.2) is 37.2 Å². The summed E-state index contributed by atoms with van der Waals surface area (Å²) in [5.41, 5.74) is 0. The van der Waals surface area contributed by atoms with Gasteiger partial charge < -0.3 is 14.2 Å². The maximum atomic E-state index is 12.9. The second-order valence-electron chi connectivity index (χ2n) is 18.8. The summed E-state index contributed by atoms with van der Waals surface area (Å²) < 4.78 is 16.8. The van der Waals surface area contributed by atoms with Gasteiger partial charge in [-0.2, -0.15) is 0 Å². The summed E-state index contributed by atoms with van der Waals surface area (Å²) in [4.78, 5) is 38.1. The van der Waals surface area contributed by atoms with E-state index >= 15 is 0 Å². The van der Waals surface area contributed by atoms with Crippen LogP contribution in [0.25, 0.3) is 0 Å². The molecule has 0 aromatic heterocycles. The first-order valence-corrected chi connectivity index (χ1v) is 29.3. The maximum absolute atomic E-state index is 12.9. The molecule has 0 radical (unpaired) electrons. The molecule has 0 bridgehead atoms. The number of ether oxygens (including phenoxy) is 3. The molecule has 0 fully saturated rings. The summed E-state index contributed by atoms with van der Waals surface area (Å²) >= 11 is 0. The molecule has 0 amide bonds. The Hall–Kier alpha value is -4.71. The standard InChI is InChI=1S/C67H106O6/c1-4-7-10-13-16-19-21-23-25-27-29-31-33-35-37-39-41-43-45-48-51-54-57-60-66(69)72-63-64(62-71-65(68)59-56-53-50-47-18-15-12-9-6-3)73-67(70)61-58-55-52-49-46-44-42-40-38-36-34-32-30-28-26-24-22-20-17-14-11-8-5-2/h7-8,10-11,16-17,19-20,23-26,29-32,35-38,41-44,64H,4-6,9,12-15,18,21-22,27-28,33-34,39-40,45-63H2,1-3H3/b10-7-,11-8-,19-16-,20-17-,25-23-,26-24-,31-29-,32-30-,37-35-,38-36-,43-41-,44-42-. The summed E-state index contributed by atoms with van der Waals surface area (Å²) in [7, 11) is 0. The fraction of sp³-hybridized carbons (Fsp3) is 0.597. The number of carbonyl (C=O) groups excluding carboxylic acids is 3. The number of rotatable bonds is 51. The van der Waals surface area contributed by atoms with E-state index < -0.39 is 6.10 Å². The molecule has 6 heteroatoms. The smallest absolute Gasteiger partial charge is 0.306 e. The summed E-state index contributed by atoms with van der Waals surface area (Å²) in [6.45, 7) is 6.34. The van der Waals surface area contributed by atoms with Crippen LogP contribution >= 0.6 is 0 Å². The first-order valence-electron chi connectivity index (χ1n) is 29.3. The summed E-state index contributed by atoms with van der Waals surface area (Å²) in [6.07, 6.45) is 85.6. The molecular formula is C67H106O6. The number of esters is 3. The Morgan fingerprint density at radius 3 is 0.836 bits per heavy atom. The Labute approximate surface area is 448 Å². The van der Waals surface area contributed by atoms with Gasteiger partial charge in [0.25, 0.3) is 0 Å². The van der Waals surface area contributed by atoms with E-state index in [1.54, 1.807) is 0 Å². The van der Waals surface area contributed by atoms with Crippen LogP contribution in [0.3, 0.4) is 0 Å². The topological polar surface area (TPSA) is 78.9 Å². The molecular weight excluding hydrogens is 901 g/mol. The van der Waals surface area contributed by atoms with Crippen LogP contribution in [0.15, 0.2) is 146 Å². The van der Waals surface area contributed by atoms with Crippen molar-refractivity contribution in [1.82, 2.24) is 0 Å². The third-order valence-electron chi connectivity index (χ3n) is 11.8. The van der Waals surface area contributed by atoms with E-state index in [-0.39, 0.29) is 37.5 Å². The minimum atomic E-state index is -0.807. The lowest BCUT2D eigenvalue weighted by Gasteiger charge is -2.18. The summed E-state index contributed by atoms with van der Waals surface area (Å²) in [5, 5.41) is 0. The highest BCUT2D eigenvalue weighted by Crippen LogP contribution is 2.13. The van der Waals surface area contributed by atoms with Crippen molar-refractivity contribution >= 4 is 17.9 Å². The van der Waals surface area contributed by atoms with Crippen LogP contribution in [0.1, 0.15) is 239 Å². The Bertz CT molecular complexity index is 1630. The van der Waals surface area contributed by atoms with Crippen molar-refractivity contribution in [1.29, 1.82) is 0 Å². The lowest BCUT2D eigenvalue weighted by atomic mass is 10.1. The van der Waals surface area contributed by atoms with Crippen LogP contribution in [0.4, 0.5) is 0 Å². The van der Waals surface area contributed by atoms with E-state index in [0.29, 0.717) is 12.8 Å². The number of unbranched alkanes of at least 4 members (excludes halogenated alkanes) is 16. The third kappa shape index (κ3) is 58.1. The zero-order valence-corrected chi connectivity index (χ0v) is 46.8. The van der Waals surface area contributed by atoms with Gasteiger partial charge in [-0.05, 0) is 122 Å². The predicted octanol–water partition coefficient (Wildman–Crippen LogP) is 20.0. The van der Waals surface area contributed by atoms with E-state index in [2.05, 4.69) is 167 Å². The van der Waals surface area contributed by atoms with Gasteiger partial charge in [0.1, 0.15) is 13.2 Å². The van der Waals surface area contributed by atoms with E-state index in [0.717, 1.165) is 161 Å². The second-order valence-corrected chi connectivity index (χ2v) is 18.8. The van der Waals surface area contributed by atoms with Gasteiger partial charge in [0, 0.05) is 19.3 Å². The van der Waals surface area contributed by atoms with Gasteiger partial charge in [-0.1, -0.05) is 244 Å². The second kappa shape index (κ2) is 59.8. The fourth-order valence-electron chi connectivity index (χ4n) is 7.51. The average molecular weight is 1010 g/mol. The Morgan fingerprint density at radius 2 is 0.534 bits per heavy atom. The Balaban J connectivity index is 4.42. The zero-order valence-electron chi connectivity index (χ0n) is 46.8. The predicted molar refractivity (Wildman–Crippen MR) is 315 cm³/mol. The Kier molecular flexibility index (Phi) is 56.0. The minimum absolute atomic E-state index is 0.101.